The molecular formula is C14H16N4O2S. The van der Waals surface area contributed by atoms with E-state index in [0.717, 1.165) is 6.54 Å². The van der Waals surface area contributed by atoms with E-state index in [-0.39, 0.29) is 5.78 Å². The van der Waals surface area contributed by atoms with Crippen LogP contribution in [-0.4, -0.2) is 53.1 Å². The second-order valence-corrected chi connectivity index (χ2v) is 5.74. The van der Waals surface area contributed by atoms with Gasteiger partial charge >= 0.3 is 0 Å². The summed E-state index contributed by atoms with van der Waals surface area (Å²) in [5.41, 5.74) is 0.529. The predicted molar refractivity (Wildman–Crippen MR) is 80.9 cm³/mol. The van der Waals surface area contributed by atoms with Crippen LogP contribution in [-0.2, 0) is 0 Å². The number of carbonyl (C=O) groups excluding carboxylic acids is 1. The molecule has 3 rings (SSSR count). The van der Waals surface area contributed by atoms with Crippen LogP contribution in [0, 0.1) is 0 Å². The van der Waals surface area contributed by atoms with Crippen molar-refractivity contribution < 1.29 is 9.90 Å². The van der Waals surface area contributed by atoms with Gasteiger partial charge in [0.25, 0.3) is 0 Å². The summed E-state index contributed by atoms with van der Waals surface area (Å²) in [5.74, 6) is 0.486. The van der Waals surface area contributed by atoms with Gasteiger partial charge in [-0.1, -0.05) is 0 Å². The Morgan fingerprint density at radius 2 is 2.33 bits per heavy atom. The molecule has 0 amide bonds. The van der Waals surface area contributed by atoms with Gasteiger partial charge < -0.3 is 15.3 Å². The van der Waals surface area contributed by atoms with E-state index in [1.165, 1.54) is 11.3 Å². The van der Waals surface area contributed by atoms with Crippen LogP contribution in [0.15, 0.2) is 29.9 Å². The van der Waals surface area contributed by atoms with E-state index in [4.69, 9.17) is 0 Å². The quantitative estimate of drug-likeness (QED) is 0.806. The monoisotopic (exact) mass is 304 g/mol. The van der Waals surface area contributed by atoms with Gasteiger partial charge in [-0.3, -0.25) is 4.79 Å². The average molecular weight is 304 g/mol. The number of aromatic nitrogens is 2. The number of rotatable bonds is 3. The number of nitrogens with zero attached hydrogens (tertiary/aromatic N) is 3. The highest BCUT2D eigenvalue weighted by Crippen LogP contribution is 2.22. The van der Waals surface area contributed by atoms with Crippen molar-refractivity contribution in [3.8, 4) is 0 Å². The molecule has 1 saturated heterocycles. The lowest BCUT2D eigenvalue weighted by Gasteiger charge is -2.24. The third-order valence-electron chi connectivity index (χ3n) is 3.33. The van der Waals surface area contributed by atoms with Gasteiger partial charge in [0.2, 0.25) is 5.78 Å². The Kier molecular flexibility index (Phi) is 4.23. The highest BCUT2D eigenvalue weighted by atomic mass is 32.1. The van der Waals surface area contributed by atoms with Gasteiger partial charge in [-0.2, -0.15) is 0 Å². The second kappa shape index (κ2) is 6.30. The first-order valence-corrected chi connectivity index (χ1v) is 7.66. The average Bonchev–Trinajstić information content (AvgIpc) is 2.95. The molecule has 0 aromatic carbocycles. The molecule has 2 aromatic rings. The SMILES string of the molecule is O=C(c1nccs1)c1cccnc1N1CCNCC(O)C1. The number of hydrogen-bond acceptors (Lipinski definition) is 7. The molecule has 0 saturated carbocycles. The van der Waals surface area contributed by atoms with E-state index < -0.39 is 6.10 Å². The molecule has 7 heteroatoms. The summed E-state index contributed by atoms with van der Waals surface area (Å²) < 4.78 is 0. The molecule has 1 atom stereocenters. The van der Waals surface area contributed by atoms with E-state index in [1.54, 1.807) is 29.9 Å². The lowest BCUT2D eigenvalue weighted by Crippen LogP contribution is -2.34. The summed E-state index contributed by atoms with van der Waals surface area (Å²) in [6, 6.07) is 3.51. The van der Waals surface area contributed by atoms with E-state index in [2.05, 4.69) is 15.3 Å². The summed E-state index contributed by atoms with van der Waals surface area (Å²) in [6.45, 7) is 2.46. The van der Waals surface area contributed by atoms with Crippen LogP contribution in [0.4, 0.5) is 5.82 Å². The normalized spacial score (nSPS) is 19.3. The molecule has 1 aliphatic rings. The molecule has 110 valence electrons. The maximum atomic E-state index is 12.5. The van der Waals surface area contributed by atoms with Crippen molar-refractivity contribution in [1.82, 2.24) is 15.3 Å². The fourth-order valence-corrected chi connectivity index (χ4v) is 2.95. The van der Waals surface area contributed by atoms with Gasteiger partial charge in [0, 0.05) is 44.0 Å². The van der Waals surface area contributed by atoms with Crippen LogP contribution < -0.4 is 10.2 Å². The summed E-state index contributed by atoms with van der Waals surface area (Å²) in [4.78, 5) is 22.9. The Morgan fingerprint density at radius 1 is 1.43 bits per heavy atom. The van der Waals surface area contributed by atoms with E-state index in [1.807, 2.05) is 4.90 Å². The topological polar surface area (TPSA) is 78.4 Å². The van der Waals surface area contributed by atoms with Gasteiger partial charge in [-0.25, -0.2) is 9.97 Å². The zero-order chi connectivity index (χ0) is 14.7. The first-order valence-electron chi connectivity index (χ1n) is 6.78. The Hall–Kier alpha value is -1.83. The lowest BCUT2D eigenvalue weighted by atomic mass is 10.1. The molecule has 6 nitrogen and oxygen atoms in total. The molecule has 0 aliphatic carbocycles. The first-order chi connectivity index (χ1) is 10.3. The number of thiazole rings is 1. The number of anilines is 1. The van der Waals surface area contributed by atoms with Gasteiger partial charge in [0.05, 0.1) is 11.7 Å². The zero-order valence-corrected chi connectivity index (χ0v) is 12.2. The van der Waals surface area contributed by atoms with Crippen LogP contribution in [0.3, 0.4) is 0 Å². The number of β-amino-alcohol motifs (C(OH)–C–C–N with tert-alkyl or cyclic N) is 1. The third kappa shape index (κ3) is 3.10. The molecule has 0 bridgehead atoms. The van der Waals surface area contributed by atoms with Crippen molar-refractivity contribution in [1.29, 1.82) is 0 Å². The lowest BCUT2D eigenvalue weighted by molar-refractivity contribution is 0.103. The van der Waals surface area contributed by atoms with Crippen molar-refractivity contribution >= 4 is 22.9 Å². The molecule has 2 N–H and O–H groups in total. The number of nitrogens with one attached hydrogen (secondary N) is 1. The molecule has 2 aromatic heterocycles. The number of carbonyl (C=O) groups is 1. The predicted octanol–water partition coefficient (Wildman–Crippen LogP) is 0.540. The summed E-state index contributed by atoms with van der Waals surface area (Å²) in [6.07, 6.45) is 2.81. The number of pyridine rings is 1. The molecular weight excluding hydrogens is 288 g/mol. The van der Waals surface area contributed by atoms with E-state index in [0.29, 0.717) is 36.0 Å². The van der Waals surface area contributed by atoms with Crippen LogP contribution in [0.2, 0.25) is 0 Å². The summed E-state index contributed by atoms with van der Waals surface area (Å²) in [7, 11) is 0. The molecule has 1 unspecified atom stereocenters. The van der Waals surface area contributed by atoms with E-state index >= 15 is 0 Å². The molecule has 0 radical (unpaired) electrons. The fourth-order valence-electron chi connectivity index (χ4n) is 2.36. The van der Waals surface area contributed by atoms with Gasteiger partial charge in [-0.15, -0.1) is 11.3 Å². The Morgan fingerprint density at radius 3 is 3.14 bits per heavy atom. The minimum absolute atomic E-state index is 0.125. The Labute approximate surface area is 126 Å². The minimum Gasteiger partial charge on any atom is -0.390 e. The molecule has 3 heterocycles. The molecule has 1 fully saturated rings. The van der Waals surface area contributed by atoms with Crippen LogP contribution in [0.25, 0.3) is 0 Å². The van der Waals surface area contributed by atoms with Crippen molar-refractivity contribution in [2.75, 3.05) is 31.1 Å². The smallest absolute Gasteiger partial charge is 0.225 e. The second-order valence-electron chi connectivity index (χ2n) is 4.84. The number of aliphatic hydroxyl groups is 1. The highest BCUT2D eigenvalue weighted by Gasteiger charge is 2.23. The van der Waals surface area contributed by atoms with Gasteiger partial charge in [-0.05, 0) is 12.1 Å². The number of aliphatic hydroxyl groups excluding tert-OH is 1. The van der Waals surface area contributed by atoms with Gasteiger partial charge in [0.15, 0.2) is 5.01 Å². The van der Waals surface area contributed by atoms with Crippen LogP contribution in [0.5, 0.6) is 0 Å². The summed E-state index contributed by atoms with van der Waals surface area (Å²) >= 11 is 1.32. The van der Waals surface area contributed by atoms with Gasteiger partial charge in [0.1, 0.15) is 5.82 Å². The Bertz CT molecular complexity index is 617. The maximum absolute atomic E-state index is 12.5. The molecule has 21 heavy (non-hydrogen) atoms. The molecule has 1 aliphatic heterocycles. The number of ketones is 1. The summed E-state index contributed by atoms with van der Waals surface area (Å²) in [5, 5.41) is 15.3. The minimum atomic E-state index is -0.475. The van der Waals surface area contributed by atoms with Crippen LogP contribution >= 0.6 is 11.3 Å². The molecule has 0 spiro atoms. The third-order valence-corrected chi connectivity index (χ3v) is 4.10. The zero-order valence-electron chi connectivity index (χ0n) is 11.4. The standard InChI is InChI=1S/C14H16N4O2S/c19-10-8-15-4-6-18(9-10)13-11(2-1-3-16-13)12(20)14-17-5-7-21-14/h1-3,5,7,10,15,19H,4,6,8-9H2. The largest absolute Gasteiger partial charge is 0.390 e. The van der Waals surface area contributed by atoms with Crippen molar-refractivity contribution in [3.05, 3.63) is 40.5 Å². The highest BCUT2D eigenvalue weighted by molar-refractivity contribution is 7.11. The fraction of sp³-hybridized carbons (Fsp3) is 0.357. The Balaban J connectivity index is 1.93. The first kappa shape index (κ1) is 14.1. The maximum Gasteiger partial charge on any atom is 0.225 e. The van der Waals surface area contributed by atoms with Crippen molar-refractivity contribution in [2.24, 2.45) is 0 Å². The number of hydrogen-bond donors (Lipinski definition) is 2. The van der Waals surface area contributed by atoms with Crippen molar-refractivity contribution in [3.63, 3.8) is 0 Å². The van der Waals surface area contributed by atoms with Crippen molar-refractivity contribution in [2.45, 2.75) is 6.10 Å². The van der Waals surface area contributed by atoms with E-state index in [9.17, 15) is 9.90 Å². The van der Waals surface area contributed by atoms with Crippen LogP contribution in [0.1, 0.15) is 15.4 Å².